The van der Waals surface area contributed by atoms with Crippen molar-refractivity contribution >= 4 is 5.91 Å². The van der Waals surface area contributed by atoms with E-state index in [2.05, 4.69) is 22.4 Å². The fraction of sp³-hybridized carbons (Fsp3) is 0.812. The van der Waals surface area contributed by atoms with Crippen LogP contribution in [-0.2, 0) is 9.53 Å². The predicted octanol–water partition coefficient (Wildman–Crippen LogP) is 1.82. The Morgan fingerprint density at radius 3 is 2.75 bits per heavy atom. The Bertz CT molecular complexity index is 322. The molecule has 114 valence electrons. The van der Waals surface area contributed by atoms with Crippen molar-refractivity contribution in [3.63, 3.8) is 0 Å². The van der Waals surface area contributed by atoms with Crippen molar-refractivity contribution in [3.05, 3.63) is 12.2 Å². The van der Waals surface area contributed by atoms with Crippen LogP contribution in [0.3, 0.4) is 0 Å². The number of nitrogens with zero attached hydrogens (tertiary/aromatic N) is 1. The number of likely N-dealkylation sites (tertiary alicyclic amines) is 1. The quantitative estimate of drug-likeness (QED) is 0.596. The molecule has 2 aliphatic rings. The van der Waals surface area contributed by atoms with Gasteiger partial charge < -0.3 is 15.0 Å². The second kappa shape index (κ2) is 8.42. The van der Waals surface area contributed by atoms with Crippen molar-refractivity contribution in [1.29, 1.82) is 0 Å². The lowest BCUT2D eigenvalue weighted by Crippen LogP contribution is -2.42. The summed E-state index contributed by atoms with van der Waals surface area (Å²) in [5.41, 5.74) is 0. The minimum atomic E-state index is 0.203. The van der Waals surface area contributed by atoms with Gasteiger partial charge in [0.1, 0.15) is 0 Å². The van der Waals surface area contributed by atoms with Gasteiger partial charge in [-0.1, -0.05) is 12.2 Å². The predicted molar refractivity (Wildman–Crippen MR) is 80.5 cm³/mol. The molecule has 2 rings (SSSR count). The Labute approximate surface area is 122 Å². The maximum absolute atomic E-state index is 12.0. The van der Waals surface area contributed by atoms with E-state index >= 15 is 0 Å². The Morgan fingerprint density at radius 1 is 1.30 bits per heavy atom. The zero-order valence-electron chi connectivity index (χ0n) is 12.6. The molecule has 20 heavy (non-hydrogen) atoms. The molecule has 0 unspecified atom stereocenters. The monoisotopic (exact) mass is 280 g/mol. The molecule has 0 radical (unpaired) electrons. The Morgan fingerprint density at radius 2 is 2.10 bits per heavy atom. The van der Waals surface area contributed by atoms with Crippen LogP contribution in [0.15, 0.2) is 12.2 Å². The highest BCUT2D eigenvalue weighted by Gasteiger charge is 2.25. The molecule has 0 aromatic heterocycles. The first-order valence-electron chi connectivity index (χ1n) is 7.93. The molecule has 1 aliphatic heterocycles. The standard InChI is InChI=1S/C16H28N2O2/c1-20-12-9-17-16(19)15-7-10-18(11-8-15)13-14-5-3-2-4-6-14/h2-3,14-15H,4-13H2,1H3,(H,17,19)/t14-/m0/s1. The third-order valence-electron chi connectivity index (χ3n) is 4.46. The SMILES string of the molecule is COCCNC(=O)C1CCN(C[C@H]2CC=CCC2)CC1. The van der Waals surface area contributed by atoms with E-state index < -0.39 is 0 Å². The third-order valence-corrected chi connectivity index (χ3v) is 4.46. The number of carbonyl (C=O) groups excluding carboxylic acids is 1. The van der Waals surface area contributed by atoms with E-state index in [1.807, 2.05) is 0 Å². The van der Waals surface area contributed by atoms with Crippen molar-refractivity contribution < 1.29 is 9.53 Å². The van der Waals surface area contributed by atoms with Crippen molar-refractivity contribution in [2.24, 2.45) is 11.8 Å². The van der Waals surface area contributed by atoms with Gasteiger partial charge in [-0.2, -0.15) is 0 Å². The van der Waals surface area contributed by atoms with Gasteiger partial charge in [-0.05, 0) is 51.1 Å². The van der Waals surface area contributed by atoms with Crippen LogP contribution in [0.25, 0.3) is 0 Å². The molecule has 4 heteroatoms. The summed E-state index contributed by atoms with van der Waals surface area (Å²) in [5, 5.41) is 2.96. The number of nitrogens with one attached hydrogen (secondary N) is 1. The van der Waals surface area contributed by atoms with Gasteiger partial charge in [-0.3, -0.25) is 4.79 Å². The van der Waals surface area contributed by atoms with Crippen molar-refractivity contribution in [3.8, 4) is 0 Å². The van der Waals surface area contributed by atoms with Gasteiger partial charge in [0, 0.05) is 26.1 Å². The number of hydrogen-bond acceptors (Lipinski definition) is 3. The highest BCUT2D eigenvalue weighted by Crippen LogP contribution is 2.23. The van der Waals surface area contributed by atoms with Gasteiger partial charge in [0.2, 0.25) is 5.91 Å². The number of ether oxygens (including phenoxy) is 1. The first-order valence-corrected chi connectivity index (χ1v) is 7.93. The fourth-order valence-corrected chi connectivity index (χ4v) is 3.19. The molecule has 0 aromatic rings. The van der Waals surface area contributed by atoms with E-state index in [-0.39, 0.29) is 11.8 Å². The summed E-state index contributed by atoms with van der Waals surface area (Å²) in [5.74, 6) is 1.24. The normalized spacial score (nSPS) is 24.8. The van der Waals surface area contributed by atoms with Crippen LogP contribution in [0.5, 0.6) is 0 Å². The van der Waals surface area contributed by atoms with Crippen molar-refractivity contribution in [2.75, 3.05) is 39.9 Å². The Balaban J connectivity index is 1.64. The fourth-order valence-electron chi connectivity index (χ4n) is 3.19. The molecule has 1 amide bonds. The lowest BCUT2D eigenvalue weighted by molar-refractivity contribution is -0.126. The van der Waals surface area contributed by atoms with Crippen LogP contribution in [0.1, 0.15) is 32.1 Å². The van der Waals surface area contributed by atoms with Gasteiger partial charge in [0.05, 0.1) is 6.61 Å². The average Bonchev–Trinajstić information content (AvgIpc) is 2.49. The van der Waals surface area contributed by atoms with E-state index in [9.17, 15) is 4.79 Å². The summed E-state index contributed by atoms with van der Waals surface area (Å²) in [6, 6.07) is 0. The molecular weight excluding hydrogens is 252 g/mol. The van der Waals surface area contributed by atoms with Gasteiger partial charge in [0.25, 0.3) is 0 Å². The molecule has 0 spiro atoms. The number of amides is 1. The number of allylic oxidation sites excluding steroid dienone is 2. The van der Waals surface area contributed by atoms with Crippen LogP contribution in [0.2, 0.25) is 0 Å². The first-order chi connectivity index (χ1) is 9.79. The largest absolute Gasteiger partial charge is 0.383 e. The van der Waals surface area contributed by atoms with Gasteiger partial charge in [0.15, 0.2) is 0 Å². The summed E-state index contributed by atoms with van der Waals surface area (Å²) in [6.07, 6.45) is 10.4. The van der Waals surface area contributed by atoms with E-state index in [1.165, 1.54) is 25.8 Å². The molecule has 0 saturated carbocycles. The third kappa shape index (κ3) is 4.91. The first kappa shape index (κ1) is 15.5. The zero-order valence-corrected chi connectivity index (χ0v) is 12.6. The average molecular weight is 280 g/mol. The summed E-state index contributed by atoms with van der Waals surface area (Å²) < 4.78 is 4.95. The van der Waals surface area contributed by atoms with Crippen LogP contribution in [-0.4, -0.2) is 50.7 Å². The van der Waals surface area contributed by atoms with Crippen LogP contribution >= 0.6 is 0 Å². The van der Waals surface area contributed by atoms with Crippen LogP contribution in [0.4, 0.5) is 0 Å². The second-order valence-electron chi connectivity index (χ2n) is 6.01. The highest BCUT2D eigenvalue weighted by molar-refractivity contribution is 5.78. The summed E-state index contributed by atoms with van der Waals surface area (Å²) >= 11 is 0. The van der Waals surface area contributed by atoms with Crippen molar-refractivity contribution in [2.45, 2.75) is 32.1 Å². The number of hydrogen-bond donors (Lipinski definition) is 1. The molecule has 1 aliphatic carbocycles. The van der Waals surface area contributed by atoms with Crippen LogP contribution in [0, 0.1) is 11.8 Å². The minimum absolute atomic E-state index is 0.203. The molecule has 1 fully saturated rings. The molecule has 1 heterocycles. The van der Waals surface area contributed by atoms with E-state index in [4.69, 9.17) is 4.74 Å². The lowest BCUT2D eigenvalue weighted by atomic mass is 9.91. The number of piperidine rings is 1. The zero-order chi connectivity index (χ0) is 14.2. The lowest BCUT2D eigenvalue weighted by Gasteiger charge is -2.34. The van der Waals surface area contributed by atoms with Gasteiger partial charge >= 0.3 is 0 Å². The molecule has 1 saturated heterocycles. The number of methoxy groups -OCH3 is 1. The maximum atomic E-state index is 12.0. The Kier molecular flexibility index (Phi) is 6.54. The molecule has 4 nitrogen and oxygen atoms in total. The summed E-state index contributed by atoms with van der Waals surface area (Å²) in [4.78, 5) is 14.5. The number of carbonyl (C=O) groups is 1. The summed E-state index contributed by atoms with van der Waals surface area (Å²) in [7, 11) is 1.66. The molecular formula is C16H28N2O2. The number of rotatable bonds is 6. The van der Waals surface area contributed by atoms with Gasteiger partial charge in [-0.15, -0.1) is 0 Å². The molecule has 0 bridgehead atoms. The highest BCUT2D eigenvalue weighted by atomic mass is 16.5. The van der Waals surface area contributed by atoms with E-state index in [1.54, 1.807) is 7.11 Å². The maximum Gasteiger partial charge on any atom is 0.223 e. The van der Waals surface area contributed by atoms with Crippen molar-refractivity contribution in [1.82, 2.24) is 10.2 Å². The summed E-state index contributed by atoms with van der Waals surface area (Å²) in [6.45, 7) is 4.58. The molecule has 1 atom stereocenters. The second-order valence-corrected chi connectivity index (χ2v) is 6.01. The topological polar surface area (TPSA) is 41.6 Å². The van der Waals surface area contributed by atoms with E-state index in [0.717, 1.165) is 31.8 Å². The Hall–Kier alpha value is -0.870. The minimum Gasteiger partial charge on any atom is -0.383 e. The van der Waals surface area contributed by atoms with Gasteiger partial charge in [-0.25, -0.2) is 0 Å². The molecule has 0 aromatic carbocycles. The molecule has 1 N–H and O–H groups in total. The smallest absolute Gasteiger partial charge is 0.223 e. The van der Waals surface area contributed by atoms with Crippen LogP contribution < -0.4 is 5.32 Å². The van der Waals surface area contributed by atoms with E-state index in [0.29, 0.717) is 13.2 Å².